The van der Waals surface area contributed by atoms with Crippen LogP contribution in [0.25, 0.3) is 0 Å². The van der Waals surface area contributed by atoms with Gasteiger partial charge in [0.05, 0.1) is 11.5 Å². The first-order valence-corrected chi connectivity index (χ1v) is 9.49. The molecule has 0 spiro atoms. The number of ether oxygens (including phenoxy) is 1. The van der Waals surface area contributed by atoms with Crippen LogP contribution in [-0.2, 0) is 19.9 Å². The quantitative estimate of drug-likeness (QED) is 0.801. The second-order valence-corrected chi connectivity index (χ2v) is 8.33. The zero-order valence-corrected chi connectivity index (χ0v) is 13.1. The lowest BCUT2D eigenvalue weighted by molar-refractivity contribution is 0.332. The molecule has 8 heteroatoms. The number of sulfone groups is 1. The molecule has 0 bridgehead atoms. The monoisotopic (exact) mass is 321 g/mol. The third kappa shape index (κ3) is 5.10. The second kappa shape index (κ2) is 6.55. The molecule has 0 aliphatic rings. The van der Waals surface area contributed by atoms with E-state index in [1.807, 2.05) is 0 Å². The van der Waals surface area contributed by atoms with E-state index in [4.69, 9.17) is 9.88 Å². The fourth-order valence-corrected chi connectivity index (χ4v) is 3.57. The Hall–Kier alpha value is -1.12. The molecule has 2 N–H and O–H groups in total. The summed E-state index contributed by atoms with van der Waals surface area (Å²) in [4.78, 5) is -0.134. The van der Waals surface area contributed by atoms with Gasteiger partial charge in [-0.2, -0.15) is 0 Å². The van der Waals surface area contributed by atoms with Crippen molar-refractivity contribution in [1.29, 1.82) is 0 Å². The number of rotatable bonds is 7. The summed E-state index contributed by atoms with van der Waals surface area (Å²) >= 11 is 0. The fraction of sp³-hybridized carbons (Fsp3) is 0.500. The topological polar surface area (TPSA) is 104 Å². The Morgan fingerprint density at radius 1 is 1.15 bits per heavy atom. The van der Waals surface area contributed by atoms with E-state index in [9.17, 15) is 16.8 Å². The van der Waals surface area contributed by atoms with Gasteiger partial charge in [-0.15, -0.1) is 0 Å². The minimum Gasteiger partial charge on any atom is -0.491 e. The highest BCUT2D eigenvalue weighted by Crippen LogP contribution is 2.23. The van der Waals surface area contributed by atoms with Crippen LogP contribution in [0.15, 0.2) is 23.1 Å². The minimum absolute atomic E-state index is 0.0739. The molecular weight excluding hydrogens is 302 g/mol. The van der Waals surface area contributed by atoms with Crippen molar-refractivity contribution in [3.8, 4) is 5.75 Å². The molecule has 114 valence electrons. The van der Waals surface area contributed by atoms with Crippen molar-refractivity contribution in [3.05, 3.63) is 23.8 Å². The van der Waals surface area contributed by atoms with Gasteiger partial charge >= 0.3 is 0 Å². The fourth-order valence-electron chi connectivity index (χ4n) is 1.65. The van der Waals surface area contributed by atoms with Crippen molar-refractivity contribution in [2.45, 2.75) is 25.2 Å². The summed E-state index contributed by atoms with van der Waals surface area (Å²) < 4.78 is 51.2. The maximum Gasteiger partial charge on any atom is 0.241 e. The molecule has 0 amide bonds. The summed E-state index contributed by atoms with van der Waals surface area (Å²) in [7, 11) is -7.07. The molecule has 0 saturated carbocycles. The Morgan fingerprint density at radius 2 is 1.80 bits per heavy atom. The molecule has 0 radical (unpaired) electrons. The van der Waals surface area contributed by atoms with Crippen molar-refractivity contribution >= 4 is 19.9 Å². The van der Waals surface area contributed by atoms with Gasteiger partial charge in [-0.25, -0.2) is 22.0 Å². The number of hydrogen-bond acceptors (Lipinski definition) is 5. The molecular formula is C12H19NO5S2. The van der Waals surface area contributed by atoms with E-state index in [1.54, 1.807) is 19.9 Å². The molecule has 1 rings (SSSR count). The smallest absolute Gasteiger partial charge is 0.241 e. The summed E-state index contributed by atoms with van der Waals surface area (Å²) in [6.07, 6.45) is 0.537. The van der Waals surface area contributed by atoms with Gasteiger partial charge in [0.2, 0.25) is 10.0 Å². The lowest BCUT2D eigenvalue weighted by Crippen LogP contribution is -2.19. The average molecular weight is 321 g/mol. The Morgan fingerprint density at radius 3 is 2.35 bits per heavy atom. The normalized spacial score (nSPS) is 12.3. The van der Waals surface area contributed by atoms with Crippen LogP contribution in [0.4, 0.5) is 0 Å². The molecule has 20 heavy (non-hydrogen) atoms. The zero-order chi connectivity index (χ0) is 15.4. The van der Waals surface area contributed by atoms with Gasteiger partial charge in [-0.05, 0) is 31.0 Å². The number of hydrogen-bond donors (Lipinski definition) is 1. The molecule has 0 saturated heterocycles. The molecule has 6 nitrogen and oxygen atoms in total. The van der Waals surface area contributed by atoms with Gasteiger partial charge in [0, 0.05) is 0 Å². The first kappa shape index (κ1) is 16.9. The third-order valence-electron chi connectivity index (χ3n) is 2.57. The molecule has 1 aromatic carbocycles. The summed E-state index contributed by atoms with van der Waals surface area (Å²) in [5.41, 5.74) is 0.722. The first-order valence-electron chi connectivity index (χ1n) is 6.12. The van der Waals surface area contributed by atoms with Crippen LogP contribution in [0.1, 0.15) is 18.9 Å². The van der Waals surface area contributed by atoms with Crippen LogP contribution < -0.4 is 9.88 Å². The standard InChI is InChI=1S/C12H19NO5S2/c1-3-7-19(14,15)8-6-18-11-5-4-10(2)9-12(11)20(13,16)17/h4-5,9H,3,6-8H2,1-2H3,(H2,13,16,17). The highest BCUT2D eigenvalue weighted by molar-refractivity contribution is 7.91. The number of primary sulfonamides is 1. The van der Waals surface area contributed by atoms with Crippen molar-refractivity contribution in [2.75, 3.05) is 18.1 Å². The van der Waals surface area contributed by atoms with Crippen molar-refractivity contribution in [1.82, 2.24) is 0 Å². The molecule has 1 aromatic rings. The summed E-state index contributed by atoms with van der Waals surface area (Å²) in [5, 5.41) is 5.11. The number of nitrogens with two attached hydrogens (primary N) is 1. The Labute approximate surface area is 119 Å². The Balaban J connectivity index is 2.84. The van der Waals surface area contributed by atoms with Gasteiger partial charge in [-0.1, -0.05) is 13.0 Å². The van der Waals surface area contributed by atoms with E-state index >= 15 is 0 Å². The molecule has 0 heterocycles. The van der Waals surface area contributed by atoms with Crippen LogP contribution in [0, 0.1) is 6.92 Å². The SMILES string of the molecule is CCCS(=O)(=O)CCOc1ccc(C)cc1S(N)(=O)=O. The Bertz CT molecular complexity index is 665. The molecule has 0 aliphatic carbocycles. The summed E-state index contributed by atoms with van der Waals surface area (Å²) in [5.74, 6) is 0.00948. The van der Waals surface area contributed by atoms with Gasteiger partial charge in [0.15, 0.2) is 9.84 Å². The molecule has 0 atom stereocenters. The van der Waals surface area contributed by atoms with Crippen LogP contribution >= 0.6 is 0 Å². The molecule has 0 aromatic heterocycles. The highest BCUT2D eigenvalue weighted by Gasteiger charge is 2.16. The van der Waals surface area contributed by atoms with Crippen molar-refractivity contribution in [2.24, 2.45) is 5.14 Å². The number of benzene rings is 1. The van der Waals surface area contributed by atoms with E-state index < -0.39 is 19.9 Å². The predicted molar refractivity (Wildman–Crippen MR) is 77.0 cm³/mol. The van der Waals surface area contributed by atoms with Crippen LogP contribution in [0.2, 0.25) is 0 Å². The van der Waals surface area contributed by atoms with Crippen LogP contribution in [-0.4, -0.2) is 34.9 Å². The van der Waals surface area contributed by atoms with Crippen molar-refractivity contribution < 1.29 is 21.6 Å². The minimum atomic E-state index is -3.91. The highest BCUT2D eigenvalue weighted by atomic mass is 32.2. The van der Waals surface area contributed by atoms with Crippen LogP contribution in [0.3, 0.4) is 0 Å². The lowest BCUT2D eigenvalue weighted by atomic mass is 10.2. The largest absolute Gasteiger partial charge is 0.491 e. The van der Waals surface area contributed by atoms with Gasteiger partial charge in [0.1, 0.15) is 17.3 Å². The van der Waals surface area contributed by atoms with Crippen molar-refractivity contribution in [3.63, 3.8) is 0 Å². The van der Waals surface area contributed by atoms with E-state index in [1.165, 1.54) is 12.1 Å². The predicted octanol–water partition coefficient (Wildman–Crippen LogP) is 0.846. The van der Waals surface area contributed by atoms with Gasteiger partial charge in [0.25, 0.3) is 0 Å². The van der Waals surface area contributed by atoms with E-state index in [2.05, 4.69) is 0 Å². The van der Waals surface area contributed by atoms with Gasteiger partial charge < -0.3 is 4.74 Å². The van der Waals surface area contributed by atoms with E-state index in [0.29, 0.717) is 6.42 Å². The third-order valence-corrected chi connectivity index (χ3v) is 5.32. The maximum absolute atomic E-state index is 11.5. The maximum atomic E-state index is 11.5. The van der Waals surface area contributed by atoms with Crippen LogP contribution in [0.5, 0.6) is 5.75 Å². The summed E-state index contributed by atoms with van der Waals surface area (Å²) in [6.45, 7) is 3.40. The molecule has 0 unspecified atom stereocenters. The summed E-state index contributed by atoms with van der Waals surface area (Å²) in [6, 6.07) is 4.54. The first-order chi connectivity index (χ1) is 9.15. The molecule has 0 fully saturated rings. The Kier molecular flexibility index (Phi) is 5.55. The van der Waals surface area contributed by atoms with E-state index in [-0.39, 0.29) is 28.8 Å². The zero-order valence-electron chi connectivity index (χ0n) is 11.5. The molecule has 0 aliphatic heterocycles. The number of sulfonamides is 1. The lowest BCUT2D eigenvalue weighted by Gasteiger charge is -2.11. The van der Waals surface area contributed by atoms with E-state index in [0.717, 1.165) is 5.56 Å². The average Bonchev–Trinajstić information content (AvgIpc) is 2.29. The van der Waals surface area contributed by atoms with Gasteiger partial charge in [-0.3, -0.25) is 0 Å². The number of aryl methyl sites for hydroxylation is 1. The second-order valence-electron chi connectivity index (χ2n) is 4.50.